The molecule has 0 radical (unpaired) electrons. The first-order valence-corrected chi connectivity index (χ1v) is 6.36. The molecule has 0 saturated carbocycles. The first kappa shape index (κ1) is 9.69. The van der Waals surface area contributed by atoms with Crippen molar-refractivity contribution in [2.45, 2.75) is 38.9 Å². The number of rotatable bonds is 2. The first-order valence-electron chi connectivity index (χ1n) is 3.45. The molecule has 0 amide bonds. The monoisotopic (exact) mass is 159 g/mol. The van der Waals surface area contributed by atoms with Gasteiger partial charge in [-0.05, 0) is 18.1 Å². The SMILES string of the molecule is C=NO[Si](C)(C)C(C)(C)C. The van der Waals surface area contributed by atoms with Crippen LogP contribution in [0.25, 0.3) is 0 Å². The Kier molecular flexibility index (Phi) is 2.65. The Morgan fingerprint density at radius 3 is 1.80 bits per heavy atom. The van der Waals surface area contributed by atoms with E-state index in [1.807, 2.05) is 0 Å². The number of hydrogen-bond donors (Lipinski definition) is 0. The summed E-state index contributed by atoms with van der Waals surface area (Å²) in [6.07, 6.45) is 0. The van der Waals surface area contributed by atoms with E-state index in [-0.39, 0.29) is 5.04 Å². The molecule has 3 heteroatoms. The highest BCUT2D eigenvalue weighted by Gasteiger charge is 2.39. The van der Waals surface area contributed by atoms with Gasteiger partial charge in [0.1, 0.15) is 0 Å². The third-order valence-corrected chi connectivity index (χ3v) is 6.30. The quantitative estimate of drug-likeness (QED) is 0.345. The second-order valence-electron chi connectivity index (χ2n) is 3.98. The summed E-state index contributed by atoms with van der Waals surface area (Å²) in [6, 6.07) is 0. The minimum absolute atomic E-state index is 0.230. The Hall–Kier alpha value is -0.313. The molecule has 2 nitrogen and oxygen atoms in total. The summed E-state index contributed by atoms with van der Waals surface area (Å²) in [5.41, 5.74) is 0. The largest absolute Gasteiger partial charge is 0.455 e. The van der Waals surface area contributed by atoms with Gasteiger partial charge in [-0.1, -0.05) is 20.8 Å². The van der Waals surface area contributed by atoms with Crippen LogP contribution in [0.2, 0.25) is 18.1 Å². The van der Waals surface area contributed by atoms with Gasteiger partial charge in [0.25, 0.3) is 8.32 Å². The van der Waals surface area contributed by atoms with Crippen LogP contribution >= 0.6 is 0 Å². The van der Waals surface area contributed by atoms with E-state index in [2.05, 4.69) is 45.7 Å². The van der Waals surface area contributed by atoms with E-state index >= 15 is 0 Å². The summed E-state index contributed by atoms with van der Waals surface area (Å²) in [5.74, 6) is 0. The van der Waals surface area contributed by atoms with Crippen molar-refractivity contribution in [3.05, 3.63) is 0 Å². The van der Waals surface area contributed by atoms with Gasteiger partial charge in [-0.25, -0.2) is 0 Å². The van der Waals surface area contributed by atoms with E-state index in [4.69, 9.17) is 4.53 Å². The molecule has 0 fully saturated rings. The number of nitrogens with zero attached hydrogens (tertiary/aromatic N) is 1. The van der Waals surface area contributed by atoms with Gasteiger partial charge in [-0.15, -0.1) is 5.16 Å². The molecule has 0 unspecified atom stereocenters. The maximum Gasteiger partial charge on any atom is 0.286 e. The highest BCUT2D eigenvalue weighted by molar-refractivity contribution is 6.74. The predicted octanol–water partition coefficient (Wildman–Crippen LogP) is 2.62. The van der Waals surface area contributed by atoms with Crippen LogP contribution in [-0.4, -0.2) is 15.0 Å². The van der Waals surface area contributed by atoms with Crippen molar-refractivity contribution in [3.8, 4) is 0 Å². The lowest BCUT2D eigenvalue weighted by Gasteiger charge is -2.32. The van der Waals surface area contributed by atoms with Crippen molar-refractivity contribution < 1.29 is 4.53 Å². The van der Waals surface area contributed by atoms with Crippen LogP contribution in [0.1, 0.15) is 20.8 Å². The summed E-state index contributed by atoms with van der Waals surface area (Å²) >= 11 is 0. The lowest BCUT2D eigenvalue weighted by atomic mass is 10.2. The van der Waals surface area contributed by atoms with Gasteiger partial charge in [0.05, 0.1) is 0 Å². The summed E-state index contributed by atoms with van der Waals surface area (Å²) in [4.78, 5) is 0. The molecular weight excluding hydrogens is 142 g/mol. The molecule has 0 heterocycles. The molecule has 0 aliphatic carbocycles. The van der Waals surface area contributed by atoms with Crippen molar-refractivity contribution in [3.63, 3.8) is 0 Å². The van der Waals surface area contributed by atoms with E-state index in [1.165, 1.54) is 0 Å². The van der Waals surface area contributed by atoms with Crippen LogP contribution in [0, 0.1) is 0 Å². The fraction of sp³-hybridized carbons (Fsp3) is 0.857. The Bertz CT molecular complexity index is 126. The van der Waals surface area contributed by atoms with Gasteiger partial charge in [-0.3, -0.25) is 0 Å². The molecule has 0 aromatic heterocycles. The van der Waals surface area contributed by atoms with E-state index in [0.29, 0.717) is 0 Å². The molecule has 10 heavy (non-hydrogen) atoms. The highest BCUT2D eigenvalue weighted by atomic mass is 28.4. The van der Waals surface area contributed by atoms with Gasteiger partial charge < -0.3 is 4.53 Å². The summed E-state index contributed by atoms with van der Waals surface area (Å²) in [6.45, 7) is 14.1. The topological polar surface area (TPSA) is 21.6 Å². The summed E-state index contributed by atoms with van der Waals surface area (Å²) < 4.78 is 5.25. The molecule has 0 aliphatic rings. The smallest absolute Gasteiger partial charge is 0.286 e. The molecule has 0 aromatic rings. The molecule has 0 N–H and O–H groups in total. The second-order valence-corrected chi connectivity index (χ2v) is 8.68. The Morgan fingerprint density at radius 2 is 1.70 bits per heavy atom. The van der Waals surface area contributed by atoms with Crippen molar-refractivity contribution >= 4 is 15.0 Å². The van der Waals surface area contributed by atoms with Crippen LogP contribution in [0.15, 0.2) is 5.16 Å². The molecular formula is C7H17NOSi. The zero-order valence-corrected chi connectivity index (χ0v) is 8.56. The Balaban J connectivity index is 4.23. The van der Waals surface area contributed by atoms with E-state index < -0.39 is 8.32 Å². The van der Waals surface area contributed by atoms with Crippen LogP contribution < -0.4 is 0 Å². The Morgan fingerprint density at radius 1 is 1.30 bits per heavy atom. The van der Waals surface area contributed by atoms with E-state index in [9.17, 15) is 0 Å². The van der Waals surface area contributed by atoms with Gasteiger partial charge >= 0.3 is 0 Å². The normalized spacial score (nSPS) is 12.9. The lowest BCUT2D eigenvalue weighted by Crippen LogP contribution is -2.38. The second kappa shape index (κ2) is 2.74. The van der Waals surface area contributed by atoms with Crippen LogP contribution in [0.4, 0.5) is 0 Å². The van der Waals surface area contributed by atoms with Crippen LogP contribution in [-0.2, 0) is 4.53 Å². The average Bonchev–Trinajstić information content (AvgIpc) is 1.61. The van der Waals surface area contributed by atoms with Gasteiger partial charge in [0.2, 0.25) is 0 Å². The molecule has 0 saturated heterocycles. The van der Waals surface area contributed by atoms with Crippen LogP contribution in [0.5, 0.6) is 0 Å². The molecule has 0 bridgehead atoms. The molecule has 0 aromatic carbocycles. The number of hydrogen-bond acceptors (Lipinski definition) is 2. The highest BCUT2D eigenvalue weighted by Crippen LogP contribution is 2.36. The van der Waals surface area contributed by atoms with Crippen molar-refractivity contribution in [1.29, 1.82) is 0 Å². The van der Waals surface area contributed by atoms with E-state index in [1.54, 1.807) is 0 Å². The fourth-order valence-corrected chi connectivity index (χ4v) is 0.895. The maximum atomic E-state index is 5.25. The molecule has 0 spiro atoms. The zero-order chi connectivity index (χ0) is 8.41. The third-order valence-electron chi connectivity index (χ3n) is 2.10. The summed E-state index contributed by atoms with van der Waals surface area (Å²) in [5, 5.41) is 3.72. The van der Waals surface area contributed by atoms with Crippen LogP contribution in [0.3, 0.4) is 0 Å². The maximum absolute atomic E-state index is 5.25. The fourth-order valence-electron chi connectivity index (χ4n) is 0.298. The zero-order valence-electron chi connectivity index (χ0n) is 7.56. The average molecular weight is 159 g/mol. The predicted molar refractivity (Wildman–Crippen MR) is 47.8 cm³/mol. The third kappa shape index (κ3) is 2.14. The molecule has 0 rings (SSSR count). The molecule has 0 atom stereocenters. The standard InChI is InChI=1S/C7H17NOSi/c1-7(2,3)10(5,6)9-8-4/h4H2,1-3,5-6H3. The van der Waals surface area contributed by atoms with E-state index in [0.717, 1.165) is 0 Å². The Labute approximate surface area is 64.4 Å². The van der Waals surface area contributed by atoms with Crippen molar-refractivity contribution in [2.24, 2.45) is 5.16 Å². The van der Waals surface area contributed by atoms with Gasteiger partial charge in [0.15, 0.2) is 0 Å². The number of oxime groups is 1. The minimum Gasteiger partial charge on any atom is -0.455 e. The molecule has 60 valence electrons. The van der Waals surface area contributed by atoms with Gasteiger partial charge in [-0.2, -0.15) is 0 Å². The lowest BCUT2D eigenvalue weighted by molar-refractivity contribution is 0.312. The van der Waals surface area contributed by atoms with Gasteiger partial charge in [0, 0.05) is 6.72 Å². The summed E-state index contributed by atoms with van der Waals surface area (Å²) in [7, 11) is -1.63. The first-order chi connectivity index (χ1) is 4.31. The minimum atomic E-state index is -1.63. The molecule has 0 aliphatic heterocycles. The van der Waals surface area contributed by atoms with Crippen molar-refractivity contribution in [1.82, 2.24) is 0 Å². The van der Waals surface area contributed by atoms with Crippen molar-refractivity contribution in [2.75, 3.05) is 0 Å².